The van der Waals surface area contributed by atoms with Gasteiger partial charge in [-0.1, -0.05) is 0 Å². The fourth-order valence-electron chi connectivity index (χ4n) is 4.32. The molecule has 3 aliphatic rings. The molecule has 0 aromatic rings. The van der Waals surface area contributed by atoms with Crippen molar-refractivity contribution in [3.63, 3.8) is 0 Å². The van der Waals surface area contributed by atoms with Gasteiger partial charge in [-0.3, -0.25) is 14.6 Å². The molecule has 0 aromatic carbocycles. The number of hydrogen-bond donors (Lipinski definition) is 1. The standard InChI is InChI=1S/C18H34N4O/c1-14-4-5-15(2)22(14)13-10-20-8-11-21(12-9-20)17(23)18(3,19)16-6-7-16/h14-16H,4-13,19H2,1-3H3/t14-,15+,18-/m1/s1. The monoisotopic (exact) mass is 322 g/mol. The van der Waals surface area contributed by atoms with Gasteiger partial charge in [0.1, 0.15) is 0 Å². The Morgan fingerprint density at radius 1 is 1.00 bits per heavy atom. The lowest BCUT2D eigenvalue weighted by molar-refractivity contribution is -0.139. The second kappa shape index (κ2) is 6.69. The molecule has 1 amide bonds. The number of carbonyl (C=O) groups is 1. The van der Waals surface area contributed by atoms with E-state index >= 15 is 0 Å². The second-order valence-electron chi connectivity index (χ2n) is 8.20. The van der Waals surface area contributed by atoms with Gasteiger partial charge < -0.3 is 10.6 Å². The maximum absolute atomic E-state index is 12.6. The van der Waals surface area contributed by atoms with E-state index in [0.717, 1.165) is 64.2 Å². The highest BCUT2D eigenvalue weighted by Crippen LogP contribution is 2.39. The van der Waals surface area contributed by atoms with Crippen molar-refractivity contribution in [1.29, 1.82) is 0 Å². The summed E-state index contributed by atoms with van der Waals surface area (Å²) in [6.45, 7) is 12.6. The molecule has 0 bridgehead atoms. The van der Waals surface area contributed by atoms with Gasteiger partial charge in [-0.2, -0.15) is 0 Å². The Bertz CT molecular complexity index is 417. The van der Waals surface area contributed by atoms with E-state index in [1.165, 1.54) is 12.8 Å². The van der Waals surface area contributed by atoms with E-state index < -0.39 is 5.54 Å². The summed E-state index contributed by atoms with van der Waals surface area (Å²) in [4.78, 5) is 19.8. The Balaban J connectivity index is 1.42. The van der Waals surface area contributed by atoms with Crippen molar-refractivity contribution in [2.24, 2.45) is 11.7 Å². The summed E-state index contributed by atoms with van der Waals surface area (Å²) in [5.41, 5.74) is 5.66. The van der Waals surface area contributed by atoms with E-state index in [1.54, 1.807) is 0 Å². The SMILES string of the molecule is C[C@@H]1CC[C@H](C)N1CCN1CCN(C(=O)[C@](C)(N)C2CC2)CC1. The molecule has 3 rings (SSSR count). The van der Waals surface area contributed by atoms with Gasteiger partial charge in [-0.05, 0) is 52.4 Å². The Morgan fingerprint density at radius 2 is 1.57 bits per heavy atom. The molecule has 3 fully saturated rings. The molecule has 132 valence electrons. The van der Waals surface area contributed by atoms with Crippen LogP contribution in [-0.2, 0) is 4.79 Å². The molecule has 2 N–H and O–H groups in total. The van der Waals surface area contributed by atoms with Crippen molar-refractivity contribution in [1.82, 2.24) is 14.7 Å². The summed E-state index contributed by atoms with van der Waals surface area (Å²) < 4.78 is 0. The first-order valence-electron chi connectivity index (χ1n) is 9.46. The van der Waals surface area contributed by atoms with Crippen LogP contribution in [0.4, 0.5) is 0 Å². The van der Waals surface area contributed by atoms with Crippen molar-refractivity contribution in [2.75, 3.05) is 39.3 Å². The maximum Gasteiger partial charge on any atom is 0.242 e. The van der Waals surface area contributed by atoms with Gasteiger partial charge in [-0.25, -0.2) is 0 Å². The molecule has 5 heteroatoms. The summed E-state index contributed by atoms with van der Waals surface area (Å²) in [5, 5.41) is 0. The Morgan fingerprint density at radius 3 is 2.09 bits per heavy atom. The quantitative estimate of drug-likeness (QED) is 0.824. The van der Waals surface area contributed by atoms with Gasteiger partial charge in [0.15, 0.2) is 0 Å². The first kappa shape index (κ1) is 17.2. The Labute approximate surface area is 141 Å². The van der Waals surface area contributed by atoms with E-state index in [4.69, 9.17) is 5.73 Å². The lowest BCUT2D eigenvalue weighted by Crippen LogP contribution is -2.59. The van der Waals surface area contributed by atoms with E-state index in [1.807, 2.05) is 11.8 Å². The smallest absolute Gasteiger partial charge is 0.242 e. The number of likely N-dealkylation sites (tertiary alicyclic amines) is 1. The van der Waals surface area contributed by atoms with Crippen LogP contribution in [0.5, 0.6) is 0 Å². The minimum Gasteiger partial charge on any atom is -0.339 e. The zero-order valence-electron chi connectivity index (χ0n) is 15.1. The zero-order valence-corrected chi connectivity index (χ0v) is 15.1. The second-order valence-corrected chi connectivity index (χ2v) is 8.20. The van der Waals surface area contributed by atoms with Crippen LogP contribution in [0.25, 0.3) is 0 Å². The number of nitrogens with zero attached hydrogens (tertiary/aromatic N) is 3. The van der Waals surface area contributed by atoms with Crippen molar-refractivity contribution in [3.05, 3.63) is 0 Å². The van der Waals surface area contributed by atoms with E-state index in [0.29, 0.717) is 5.92 Å². The molecule has 2 saturated heterocycles. The lowest BCUT2D eigenvalue weighted by atomic mass is 9.95. The molecule has 0 radical (unpaired) electrons. The molecular weight excluding hydrogens is 288 g/mol. The number of nitrogens with two attached hydrogens (primary N) is 1. The molecule has 3 atom stereocenters. The van der Waals surface area contributed by atoms with Gasteiger partial charge in [-0.15, -0.1) is 0 Å². The largest absolute Gasteiger partial charge is 0.339 e. The summed E-state index contributed by atoms with van der Waals surface area (Å²) in [6.07, 6.45) is 4.90. The number of piperazine rings is 1. The van der Waals surface area contributed by atoms with Crippen LogP contribution >= 0.6 is 0 Å². The number of hydrogen-bond acceptors (Lipinski definition) is 4. The fourth-order valence-corrected chi connectivity index (χ4v) is 4.32. The molecular formula is C18H34N4O. The molecule has 0 aromatic heterocycles. The van der Waals surface area contributed by atoms with Gasteiger partial charge in [0.25, 0.3) is 0 Å². The van der Waals surface area contributed by atoms with E-state index in [-0.39, 0.29) is 5.91 Å². The molecule has 0 spiro atoms. The van der Waals surface area contributed by atoms with E-state index in [9.17, 15) is 4.79 Å². The van der Waals surface area contributed by atoms with Crippen molar-refractivity contribution < 1.29 is 4.79 Å². The number of rotatable bonds is 5. The molecule has 2 heterocycles. The van der Waals surface area contributed by atoms with Gasteiger partial charge in [0.2, 0.25) is 5.91 Å². The molecule has 1 aliphatic carbocycles. The summed E-state index contributed by atoms with van der Waals surface area (Å²) >= 11 is 0. The zero-order chi connectivity index (χ0) is 16.6. The highest BCUT2D eigenvalue weighted by atomic mass is 16.2. The predicted octanol–water partition coefficient (Wildman–Crippen LogP) is 1.13. The van der Waals surface area contributed by atoms with Crippen molar-refractivity contribution >= 4 is 5.91 Å². The highest BCUT2D eigenvalue weighted by Gasteiger charge is 2.46. The molecule has 23 heavy (non-hydrogen) atoms. The van der Waals surface area contributed by atoms with Crippen molar-refractivity contribution in [3.8, 4) is 0 Å². The third-order valence-corrected chi connectivity index (χ3v) is 6.35. The minimum atomic E-state index is -0.636. The van der Waals surface area contributed by atoms with Crippen LogP contribution in [0.2, 0.25) is 0 Å². The van der Waals surface area contributed by atoms with Gasteiger partial charge in [0, 0.05) is 51.4 Å². The van der Waals surface area contributed by atoms with Crippen LogP contribution in [0.1, 0.15) is 46.5 Å². The topological polar surface area (TPSA) is 52.8 Å². The average Bonchev–Trinajstić information content (AvgIpc) is 3.34. The van der Waals surface area contributed by atoms with Crippen molar-refractivity contribution in [2.45, 2.75) is 64.1 Å². The minimum absolute atomic E-state index is 0.168. The number of carbonyl (C=O) groups excluding carboxylic acids is 1. The first-order valence-corrected chi connectivity index (χ1v) is 9.46. The normalized spacial score (nSPS) is 33.0. The average molecular weight is 322 g/mol. The molecule has 1 saturated carbocycles. The molecule has 2 aliphatic heterocycles. The first-order chi connectivity index (χ1) is 10.9. The van der Waals surface area contributed by atoms with Crippen LogP contribution < -0.4 is 5.73 Å². The summed E-state index contributed by atoms with van der Waals surface area (Å²) in [7, 11) is 0. The summed E-state index contributed by atoms with van der Waals surface area (Å²) in [5.74, 6) is 0.576. The Hall–Kier alpha value is -0.650. The van der Waals surface area contributed by atoms with E-state index in [2.05, 4.69) is 23.6 Å². The number of amides is 1. The van der Waals surface area contributed by atoms with Gasteiger partial charge in [0.05, 0.1) is 5.54 Å². The third kappa shape index (κ3) is 3.72. The van der Waals surface area contributed by atoms with Crippen LogP contribution in [0.3, 0.4) is 0 Å². The fraction of sp³-hybridized carbons (Fsp3) is 0.944. The highest BCUT2D eigenvalue weighted by molar-refractivity contribution is 5.86. The van der Waals surface area contributed by atoms with Gasteiger partial charge >= 0.3 is 0 Å². The predicted molar refractivity (Wildman–Crippen MR) is 93.2 cm³/mol. The van der Waals surface area contributed by atoms with Crippen LogP contribution in [0.15, 0.2) is 0 Å². The molecule has 0 unspecified atom stereocenters. The maximum atomic E-state index is 12.6. The van der Waals surface area contributed by atoms with Crippen LogP contribution in [-0.4, -0.2) is 77.5 Å². The third-order valence-electron chi connectivity index (χ3n) is 6.35. The Kier molecular flexibility index (Phi) is 5.00. The lowest BCUT2D eigenvalue weighted by Gasteiger charge is -2.39. The molecule has 5 nitrogen and oxygen atoms in total. The van der Waals surface area contributed by atoms with Crippen LogP contribution in [0, 0.1) is 5.92 Å². The summed E-state index contributed by atoms with van der Waals surface area (Å²) in [6, 6.07) is 1.45.